The number of carbonyl (C=O) groups excluding carboxylic acids is 2. The number of amides is 1. The largest absolute Gasteiger partial charge is 0.452 e. The molecule has 2 aromatic rings. The molecule has 1 fully saturated rings. The molecule has 0 aromatic heterocycles. The van der Waals surface area contributed by atoms with Crippen LogP contribution in [0.5, 0.6) is 0 Å². The van der Waals surface area contributed by atoms with Crippen molar-refractivity contribution in [2.75, 3.05) is 18.4 Å². The summed E-state index contributed by atoms with van der Waals surface area (Å²) in [7, 11) is -3.96. The lowest BCUT2D eigenvalue weighted by atomic mass is 9.98. The number of nitrogens with one attached hydrogen (secondary N) is 1. The van der Waals surface area contributed by atoms with Gasteiger partial charge in [-0.15, -0.1) is 0 Å². The molecule has 1 amide bonds. The molecule has 10 nitrogen and oxygen atoms in total. The Balaban J connectivity index is 1.59. The lowest BCUT2D eigenvalue weighted by Crippen LogP contribution is -2.42. The van der Waals surface area contributed by atoms with Crippen molar-refractivity contribution in [1.29, 1.82) is 0 Å². The van der Waals surface area contributed by atoms with Crippen molar-refractivity contribution in [1.82, 2.24) is 4.31 Å². The Morgan fingerprint density at radius 3 is 2.38 bits per heavy atom. The Kier molecular flexibility index (Phi) is 7.68. The Bertz CT molecular complexity index is 1200. The zero-order valence-electron chi connectivity index (χ0n) is 19.2. The van der Waals surface area contributed by atoms with Crippen LogP contribution in [0.3, 0.4) is 0 Å². The smallest absolute Gasteiger partial charge is 0.309 e. The number of rotatable bonds is 7. The molecule has 1 unspecified atom stereocenters. The van der Waals surface area contributed by atoms with E-state index in [1.54, 1.807) is 19.1 Å². The maximum Gasteiger partial charge on any atom is 0.309 e. The molecule has 2 aromatic carbocycles. The number of sulfonamides is 1. The summed E-state index contributed by atoms with van der Waals surface area (Å²) in [5.41, 5.74) is 1.61. The van der Waals surface area contributed by atoms with Crippen LogP contribution in [0.25, 0.3) is 0 Å². The van der Waals surface area contributed by atoms with Gasteiger partial charge in [-0.1, -0.05) is 24.3 Å². The number of esters is 1. The van der Waals surface area contributed by atoms with Gasteiger partial charge in [0, 0.05) is 30.9 Å². The summed E-state index contributed by atoms with van der Waals surface area (Å²) in [6, 6.07) is 11.0. The SMILES string of the molecule is Cc1ccccc1NC(=O)C(C)OC(=O)C1CCN(S(=O)(=O)c2cc([N+](=O)[O-])ccc2C)CC1. The second kappa shape index (κ2) is 10.3. The summed E-state index contributed by atoms with van der Waals surface area (Å²) in [4.78, 5) is 35.3. The molecule has 182 valence electrons. The molecular formula is C23H27N3O7S. The van der Waals surface area contributed by atoms with Crippen molar-refractivity contribution in [2.45, 2.75) is 44.6 Å². The zero-order valence-corrected chi connectivity index (χ0v) is 20.0. The summed E-state index contributed by atoms with van der Waals surface area (Å²) in [6.45, 7) is 5.03. The number of ether oxygens (including phenoxy) is 1. The molecule has 34 heavy (non-hydrogen) atoms. The van der Waals surface area contributed by atoms with Gasteiger partial charge in [-0.25, -0.2) is 8.42 Å². The van der Waals surface area contributed by atoms with Crippen molar-refractivity contribution in [3.05, 3.63) is 63.7 Å². The van der Waals surface area contributed by atoms with Gasteiger partial charge in [0.2, 0.25) is 10.0 Å². The lowest BCUT2D eigenvalue weighted by molar-refractivity contribution is -0.385. The van der Waals surface area contributed by atoms with Gasteiger partial charge in [0.15, 0.2) is 6.10 Å². The second-order valence-electron chi connectivity index (χ2n) is 8.27. The second-order valence-corrected chi connectivity index (χ2v) is 10.2. The predicted octanol–water partition coefficient (Wildman–Crippen LogP) is 3.18. The van der Waals surface area contributed by atoms with E-state index in [1.807, 2.05) is 19.1 Å². The van der Waals surface area contributed by atoms with E-state index in [0.717, 1.165) is 11.6 Å². The van der Waals surface area contributed by atoms with Crippen molar-refractivity contribution in [2.24, 2.45) is 5.92 Å². The molecule has 1 saturated heterocycles. The monoisotopic (exact) mass is 489 g/mol. The van der Waals surface area contributed by atoms with Crippen LogP contribution in [0.15, 0.2) is 47.4 Å². The molecule has 0 saturated carbocycles. The van der Waals surface area contributed by atoms with Gasteiger partial charge in [0.1, 0.15) is 0 Å². The number of hydrogen-bond donors (Lipinski definition) is 1. The summed E-state index contributed by atoms with van der Waals surface area (Å²) in [5.74, 6) is -1.56. The molecule has 0 spiro atoms. The molecule has 1 heterocycles. The molecule has 0 aliphatic carbocycles. The third kappa shape index (κ3) is 5.60. The number of benzene rings is 2. The van der Waals surface area contributed by atoms with Crippen molar-refractivity contribution in [3.63, 3.8) is 0 Å². The first-order valence-electron chi connectivity index (χ1n) is 10.8. The first-order chi connectivity index (χ1) is 16.0. The number of hydrogen-bond acceptors (Lipinski definition) is 7. The molecule has 1 aliphatic heterocycles. The number of piperidine rings is 1. The van der Waals surface area contributed by atoms with Crippen molar-refractivity contribution < 1.29 is 27.7 Å². The summed E-state index contributed by atoms with van der Waals surface area (Å²) >= 11 is 0. The van der Waals surface area contributed by atoms with E-state index >= 15 is 0 Å². The standard InChI is InChI=1S/C23H27N3O7S/c1-15-6-4-5-7-20(15)24-22(27)17(3)33-23(28)18-10-12-25(13-11-18)34(31,32)21-14-19(26(29)30)9-8-16(21)2/h4-9,14,17-18H,10-13H2,1-3H3,(H,24,27). The zero-order chi connectivity index (χ0) is 25.0. The van der Waals surface area contributed by atoms with Crippen molar-refractivity contribution in [3.8, 4) is 0 Å². The normalized spacial score (nSPS) is 16.0. The highest BCUT2D eigenvalue weighted by molar-refractivity contribution is 7.89. The molecule has 0 bridgehead atoms. The van der Waals surface area contributed by atoms with Gasteiger partial charge in [0.25, 0.3) is 11.6 Å². The van der Waals surface area contributed by atoms with Crippen LogP contribution in [-0.2, 0) is 24.3 Å². The molecule has 0 radical (unpaired) electrons. The van der Waals surface area contributed by atoms with Crippen LogP contribution in [0.2, 0.25) is 0 Å². The number of para-hydroxylation sites is 1. The minimum absolute atomic E-state index is 0.0635. The maximum absolute atomic E-state index is 13.1. The van der Waals surface area contributed by atoms with Gasteiger partial charge >= 0.3 is 5.97 Å². The molecule has 1 atom stereocenters. The summed E-state index contributed by atoms with van der Waals surface area (Å²) < 4.78 is 32.7. The van der Waals surface area contributed by atoms with Crippen LogP contribution < -0.4 is 5.32 Å². The highest BCUT2D eigenvalue weighted by atomic mass is 32.2. The van der Waals surface area contributed by atoms with Crippen LogP contribution in [0, 0.1) is 29.9 Å². The first kappa shape index (κ1) is 25.3. The fourth-order valence-corrected chi connectivity index (χ4v) is 5.44. The van der Waals surface area contributed by atoms with E-state index in [0.29, 0.717) is 11.3 Å². The number of nitro groups is 1. The molecule has 11 heteroatoms. The highest BCUT2D eigenvalue weighted by Crippen LogP contribution is 2.29. The molecule has 1 N–H and O–H groups in total. The quantitative estimate of drug-likeness (QED) is 0.358. The van der Waals surface area contributed by atoms with E-state index in [2.05, 4.69) is 5.32 Å². The van der Waals surface area contributed by atoms with E-state index in [4.69, 9.17) is 4.74 Å². The fourth-order valence-electron chi connectivity index (χ4n) is 3.72. The molecule has 3 rings (SSSR count). The number of nitrogens with zero attached hydrogens (tertiary/aromatic N) is 2. The fraction of sp³-hybridized carbons (Fsp3) is 0.391. The Morgan fingerprint density at radius 2 is 1.76 bits per heavy atom. The first-order valence-corrected chi connectivity index (χ1v) is 12.3. The maximum atomic E-state index is 13.1. The van der Waals surface area contributed by atoms with Crippen molar-refractivity contribution >= 4 is 33.3 Å². The topological polar surface area (TPSA) is 136 Å². The van der Waals surface area contributed by atoms with Gasteiger partial charge in [0.05, 0.1) is 15.7 Å². The predicted molar refractivity (Wildman–Crippen MR) is 125 cm³/mol. The average molecular weight is 490 g/mol. The van der Waals surface area contributed by atoms with Gasteiger partial charge < -0.3 is 10.1 Å². The van der Waals surface area contributed by atoms with Crippen LogP contribution in [-0.4, -0.2) is 48.7 Å². The third-order valence-electron chi connectivity index (χ3n) is 5.85. The van der Waals surface area contributed by atoms with E-state index < -0.39 is 38.8 Å². The number of anilines is 1. The number of aryl methyl sites for hydroxylation is 2. The van der Waals surface area contributed by atoms with Gasteiger partial charge in [-0.3, -0.25) is 19.7 Å². The number of nitro benzene ring substituents is 1. The van der Waals surface area contributed by atoms with Gasteiger partial charge in [-0.05, 0) is 50.8 Å². The van der Waals surface area contributed by atoms with Crippen LogP contribution in [0.4, 0.5) is 11.4 Å². The van der Waals surface area contributed by atoms with E-state index in [-0.39, 0.29) is 36.5 Å². The molecule has 1 aliphatic rings. The van der Waals surface area contributed by atoms with Crippen LogP contribution >= 0.6 is 0 Å². The molecular weight excluding hydrogens is 462 g/mol. The van der Waals surface area contributed by atoms with Crippen LogP contribution in [0.1, 0.15) is 30.9 Å². The third-order valence-corrected chi connectivity index (χ3v) is 7.89. The van der Waals surface area contributed by atoms with E-state index in [1.165, 1.54) is 23.4 Å². The highest BCUT2D eigenvalue weighted by Gasteiger charge is 2.35. The Labute approximate surface area is 198 Å². The Morgan fingerprint density at radius 1 is 1.12 bits per heavy atom. The minimum atomic E-state index is -3.96. The number of carbonyl (C=O) groups is 2. The average Bonchev–Trinajstić information content (AvgIpc) is 2.80. The van der Waals surface area contributed by atoms with E-state index in [9.17, 15) is 28.1 Å². The minimum Gasteiger partial charge on any atom is -0.452 e. The van der Waals surface area contributed by atoms with Gasteiger partial charge in [-0.2, -0.15) is 4.31 Å². The Hall–Kier alpha value is -3.31. The lowest BCUT2D eigenvalue weighted by Gasteiger charge is -2.31. The summed E-state index contributed by atoms with van der Waals surface area (Å²) in [5, 5.41) is 13.8. The number of non-ortho nitro benzene ring substituents is 1. The summed E-state index contributed by atoms with van der Waals surface area (Å²) in [6.07, 6.45) is -0.572.